The van der Waals surface area contributed by atoms with Crippen LogP contribution in [0.25, 0.3) is 0 Å². The van der Waals surface area contributed by atoms with E-state index in [9.17, 15) is 14.4 Å². The molecule has 0 radical (unpaired) electrons. The van der Waals surface area contributed by atoms with E-state index in [4.69, 9.17) is 14.2 Å². The Kier molecular flexibility index (Phi) is 59.0. The number of esters is 3. The first kappa shape index (κ1) is 71.8. The van der Waals surface area contributed by atoms with Crippen molar-refractivity contribution in [1.82, 2.24) is 0 Å². The maximum absolute atomic E-state index is 12.8. The highest BCUT2D eigenvalue weighted by Gasteiger charge is 2.19. The summed E-state index contributed by atoms with van der Waals surface area (Å²) in [5, 5.41) is 0. The molecule has 1 atom stereocenters. The second-order valence-corrected chi connectivity index (χ2v) is 19.5. The van der Waals surface area contributed by atoms with Crippen LogP contribution in [-0.2, 0) is 28.6 Å². The molecule has 77 heavy (non-hydrogen) atoms. The van der Waals surface area contributed by atoms with Crippen molar-refractivity contribution in [3.8, 4) is 0 Å². The van der Waals surface area contributed by atoms with E-state index < -0.39 is 12.1 Å². The summed E-state index contributed by atoms with van der Waals surface area (Å²) in [6.07, 6.45) is 93.8. The molecule has 0 N–H and O–H groups in total. The maximum atomic E-state index is 12.8. The zero-order valence-corrected chi connectivity index (χ0v) is 49.1. The first-order valence-corrected chi connectivity index (χ1v) is 30.6. The number of allylic oxidation sites excluding steroid dienone is 28. The smallest absolute Gasteiger partial charge is 0.306 e. The van der Waals surface area contributed by atoms with Gasteiger partial charge >= 0.3 is 17.9 Å². The first-order chi connectivity index (χ1) is 38.0. The summed E-state index contributed by atoms with van der Waals surface area (Å²) in [7, 11) is 0. The lowest BCUT2D eigenvalue weighted by Crippen LogP contribution is -2.30. The second-order valence-electron chi connectivity index (χ2n) is 19.5. The van der Waals surface area contributed by atoms with E-state index in [1.54, 1.807) is 0 Å². The van der Waals surface area contributed by atoms with Crippen LogP contribution >= 0.6 is 0 Å². The third-order valence-electron chi connectivity index (χ3n) is 12.2. The number of hydrogen-bond acceptors (Lipinski definition) is 6. The van der Waals surface area contributed by atoms with Crippen LogP contribution in [0.3, 0.4) is 0 Å². The molecule has 0 heterocycles. The fourth-order valence-electron chi connectivity index (χ4n) is 7.72. The zero-order chi connectivity index (χ0) is 55.7. The summed E-state index contributed by atoms with van der Waals surface area (Å²) in [5.41, 5.74) is 0. The highest BCUT2D eigenvalue weighted by molar-refractivity contribution is 5.71. The second kappa shape index (κ2) is 63.3. The van der Waals surface area contributed by atoms with Gasteiger partial charge in [-0.15, -0.1) is 0 Å². The van der Waals surface area contributed by atoms with Crippen LogP contribution in [0, 0.1) is 0 Å². The summed E-state index contributed by atoms with van der Waals surface area (Å²) < 4.78 is 16.7. The van der Waals surface area contributed by atoms with Crippen LogP contribution < -0.4 is 0 Å². The Morgan fingerprint density at radius 3 is 0.844 bits per heavy atom. The van der Waals surface area contributed by atoms with Gasteiger partial charge < -0.3 is 14.2 Å². The third-order valence-corrected chi connectivity index (χ3v) is 12.2. The van der Waals surface area contributed by atoms with Crippen LogP contribution in [0.1, 0.15) is 239 Å². The molecule has 0 saturated heterocycles. The quantitative estimate of drug-likeness (QED) is 0.0261. The standard InChI is InChI=1S/C71H110O6/c1-4-7-10-13-16-19-22-25-26-27-28-29-30-31-32-33-34-35-36-37-38-39-40-41-42-43-44-47-49-52-55-58-61-64-70(73)76-67-68(77-71(74)65-62-59-56-53-50-46-24-21-18-15-12-9-6-3)66-75-69(72)63-60-57-54-51-48-45-23-20-17-14-11-8-5-2/h7,9-10,12,16,18-19,21,25-26,28-29,31-32,34-35,37-38,40-41,43-44,46,49-50,52,56,59,68H,4-6,8,11,13-15,17,20,22-24,27,30,33,36,39,42,45,47-48,51,53-55,57-58,60-67H2,1-3H3/b10-7-,12-9-,19-16-,21-18-,26-25-,29-28-,32-31-,35-34-,38-37-,41-40-,44-43-,50-46-,52-49-,59-56-. The Morgan fingerprint density at radius 2 is 0.532 bits per heavy atom. The molecule has 0 saturated carbocycles. The van der Waals surface area contributed by atoms with E-state index in [0.717, 1.165) is 122 Å². The van der Waals surface area contributed by atoms with Crippen LogP contribution in [-0.4, -0.2) is 37.2 Å². The Labute approximate surface area is 472 Å². The summed E-state index contributed by atoms with van der Waals surface area (Å²) in [6, 6.07) is 0. The highest BCUT2D eigenvalue weighted by Crippen LogP contribution is 2.14. The minimum absolute atomic E-state index is 0.126. The molecule has 0 rings (SSSR count). The van der Waals surface area contributed by atoms with E-state index in [0.29, 0.717) is 19.3 Å². The van der Waals surface area contributed by atoms with Crippen molar-refractivity contribution in [2.24, 2.45) is 0 Å². The van der Waals surface area contributed by atoms with Crippen molar-refractivity contribution in [3.63, 3.8) is 0 Å². The van der Waals surface area contributed by atoms with Crippen molar-refractivity contribution in [2.45, 2.75) is 245 Å². The molecule has 0 fully saturated rings. The van der Waals surface area contributed by atoms with Gasteiger partial charge in [0.15, 0.2) is 6.10 Å². The summed E-state index contributed by atoms with van der Waals surface area (Å²) in [5.74, 6) is -1.06. The van der Waals surface area contributed by atoms with Gasteiger partial charge in [-0.1, -0.05) is 268 Å². The average Bonchev–Trinajstić information content (AvgIpc) is 3.43. The predicted molar refractivity (Wildman–Crippen MR) is 334 cm³/mol. The predicted octanol–water partition coefficient (Wildman–Crippen LogP) is 21.1. The van der Waals surface area contributed by atoms with Gasteiger partial charge in [0.1, 0.15) is 13.2 Å². The summed E-state index contributed by atoms with van der Waals surface area (Å²) in [6.45, 7) is 6.29. The van der Waals surface area contributed by atoms with E-state index in [1.165, 1.54) is 64.2 Å². The number of unbranched alkanes of at least 4 members (excludes halogenated alkanes) is 14. The Balaban J connectivity index is 4.40. The fraction of sp³-hybridized carbons (Fsp3) is 0.563. The van der Waals surface area contributed by atoms with Crippen LogP contribution in [0.15, 0.2) is 170 Å². The van der Waals surface area contributed by atoms with E-state index in [2.05, 4.69) is 179 Å². The molecule has 0 spiro atoms. The van der Waals surface area contributed by atoms with Gasteiger partial charge in [0.05, 0.1) is 0 Å². The monoisotopic (exact) mass is 1060 g/mol. The number of carbonyl (C=O) groups excluding carboxylic acids is 3. The number of hydrogen-bond donors (Lipinski definition) is 0. The minimum atomic E-state index is -0.840. The Bertz CT molecular complexity index is 1790. The molecule has 0 aromatic rings. The topological polar surface area (TPSA) is 78.9 Å². The lowest BCUT2D eigenvalue weighted by atomic mass is 10.0. The number of ether oxygens (including phenoxy) is 3. The van der Waals surface area contributed by atoms with Crippen molar-refractivity contribution in [2.75, 3.05) is 13.2 Å². The molecule has 0 amide bonds. The highest BCUT2D eigenvalue weighted by atomic mass is 16.6. The lowest BCUT2D eigenvalue weighted by Gasteiger charge is -2.18. The van der Waals surface area contributed by atoms with Crippen molar-refractivity contribution in [3.05, 3.63) is 170 Å². The van der Waals surface area contributed by atoms with Crippen molar-refractivity contribution < 1.29 is 28.6 Å². The average molecular weight is 1060 g/mol. The van der Waals surface area contributed by atoms with E-state index >= 15 is 0 Å². The van der Waals surface area contributed by atoms with Crippen LogP contribution in [0.5, 0.6) is 0 Å². The molecule has 0 aromatic carbocycles. The lowest BCUT2D eigenvalue weighted by molar-refractivity contribution is -0.166. The SMILES string of the molecule is CC/C=C\C/C=C\C/C=C\C/C=C\C/C=C\C/C=C\C/C=C\C/C=C\C/C=C\C/C=C\CCCCC(=O)OCC(COC(=O)CCCCCCCCCCCCCCC)OC(=O)CC/C=C\C/C=C\C/C=C\C/C=C\CC. The van der Waals surface area contributed by atoms with Gasteiger partial charge in [-0.05, 0) is 122 Å². The van der Waals surface area contributed by atoms with Crippen LogP contribution in [0.2, 0.25) is 0 Å². The maximum Gasteiger partial charge on any atom is 0.306 e. The normalized spacial score (nSPS) is 13.3. The molecule has 0 aromatic heterocycles. The Hall–Kier alpha value is -5.23. The van der Waals surface area contributed by atoms with Crippen molar-refractivity contribution >= 4 is 17.9 Å². The van der Waals surface area contributed by atoms with Gasteiger partial charge in [-0.3, -0.25) is 14.4 Å². The zero-order valence-electron chi connectivity index (χ0n) is 49.1. The van der Waals surface area contributed by atoms with Crippen molar-refractivity contribution in [1.29, 1.82) is 0 Å². The molecular formula is C71H110O6. The van der Waals surface area contributed by atoms with Gasteiger partial charge in [0.2, 0.25) is 0 Å². The van der Waals surface area contributed by atoms with Gasteiger partial charge in [0, 0.05) is 19.3 Å². The number of carbonyl (C=O) groups is 3. The fourth-order valence-corrected chi connectivity index (χ4v) is 7.72. The molecule has 6 heteroatoms. The van der Waals surface area contributed by atoms with E-state index in [-0.39, 0.29) is 38.0 Å². The molecule has 0 aliphatic rings. The largest absolute Gasteiger partial charge is 0.462 e. The molecule has 1 unspecified atom stereocenters. The van der Waals surface area contributed by atoms with Gasteiger partial charge in [0.25, 0.3) is 0 Å². The number of rotatable bonds is 53. The molecular weight excluding hydrogens is 949 g/mol. The molecule has 430 valence electrons. The summed E-state index contributed by atoms with van der Waals surface area (Å²) >= 11 is 0. The minimum Gasteiger partial charge on any atom is -0.462 e. The van der Waals surface area contributed by atoms with Crippen LogP contribution in [0.4, 0.5) is 0 Å². The van der Waals surface area contributed by atoms with Gasteiger partial charge in [-0.2, -0.15) is 0 Å². The van der Waals surface area contributed by atoms with Gasteiger partial charge in [-0.25, -0.2) is 0 Å². The molecule has 0 aliphatic carbocycles. The first-order valence-electron chi connectivity index (χ1n) is 30.6. The third kappa shape index (κ3) is 61.5. The summed E-state index contributed by atoms with van der Waals surface area (Å²) in [4.78, 5) is 38.1. The molecule has 6 nitrogen and oxygen atoms in total. The molecule has 0 bridgehead atoms. The Morgan fingerprint density at radius 1 is 0.273 bits per heavy atom. The van der Waals surface area contributed by atoms with E-state index in [1.807, 2.05) is 12.2 Å². The molecule has 0 aliphatic heterocycles.